The van der Waals surface area contributed by atoms with Crippen LogP contribution in [0.4, 0.5) is 0 Å². The number of hydrogen-bond donors (Lipinski definition) is 0. The van der Waals surface area contributed by atoms with Crippen molar-refractivity contribution < 1.29 is 0 Å². The van der Waals surface area contributed by atoms with Gasteiger partial charge in [-0.25, -0.2) is 0 Å². The highest BCUT2D eigenvalue weighted by Crippen LogP contribution is 2.14. The van der Waals surface area contributed by atoms with Crippen molar-refractivity contribution in [2.75, 3.05) is 13.1 Å². The van der Waals surface area contributed by atoms with E-state index < -0.39 is 0 Å². The predicted octanol–water partition coefficient (Wildman–Crippen LogP) is 3.41. The van der Waals surface area contributed by atoms with Crippen LogP contribution in [0, 0.1) is 0 Å². The van der Waals surface area contributed by atoms with Crippen LogP contribution in [0.15, 0.2) is 28.7 Å². The zero-order chi connectivity index (χ0) is 10.7. The summed E-state index contributed by atoms with van der Waals surface area (Å²) in [5, 5.41) is 0. The molecule has 1 aliphatic heterocycles. The van der Waals surface area contributed by atoms with Crippen LogP contribution in [-0.2, 0) is 6.42 Å². The van der Waals surface area contributed by atoms with Gasteiger partial charge in [-0.3, -0.25) is 0 Å². The summed E-state index contributed by atoms with van der Waals surface area (Å²) in [6.07, 6.45) is 3.49. The van der Waals surface area contributed by atoms with Crippen molar-refractivity contribution in [1.29, 1.82) is 0 Å². The van der Waals surface area contributed by atoms with Gasteiger partial charge in [0.2, 0.25) is 0 Å². The van der Waals surface area contributed by atoms with Crippen LogP contribution >= 0.6 is 28.1 Å². The number of benzene rings is 1. The van der Waals surface area contributed by atoms with Crippen molar-refractivity contribution in [3.05, 3.63) is 34.3 Å². The monoisotopic (exact) mass is 283 g/mol. The molecule has 0 radical (unpaired) electrons. The van der Waals surface area contributed by atoms with E-state index in [0.29, 0.717) is 0 Å². The van der Waals surface area contributed by atoms with Crippen molar-refractivity contribution >= 4 is 33.1 Å². The normalized spacial score (nSPS) is 15.7. The Morgan fingerprint density at radius 2 is 1.80 bits per heavy atom. The van der Waals surface area contributed by atoms with Gasteiger partial charge in [-0.05, 0) is 30.5 Å². The minimum Gasteiger partial charge on any atom is -0.366 e. The maximum atomic E-state index is 5.44. The number of halogens is 1. The molecule has 1 aromatic rings. The molecule has 0 unspecified atom stereocenters. The lowest BCUT2D eigenvalue weighted by Gasteiger charge is -2.18. The van der Waals surface area contributed by atoms with Crippen LogP contribution in [0.1, 0.15) is 18.4 Å². The van der Waals surface area contributed by atoms with Crippen LogP contribution in [0.2, 0.25) is 0 Å². The molecule has 0 spiro atoms. The number of thiocarbonyl (C=S) groups is 1. The fourth-order valence-corrected chi connectivity index (χ4v) is 2.47. The fraction of sp³-hybridized carbons (Fsp3) is 0.417. The highest BCUT2D eigenvalue weighted by atomic mass is 79.9. The van der Waals surface area contributed by atoms with Gasteiger partial charge in [0.15, 0.2) is 0 Å². The van der Waals surface area contributed by atoms with Crippen LogP contribution in [0.25, 0.3) is 0 Å². The zero-order valence-corrected chi connectivity index (χ0v) is 11.0. The van der Waals surface area contributed by atoms with E-state index in [4.69, 9.17) is 12.2 Å². The van der Waals surface area contributed by atoms with E-state index in [-0.39, 0.29) is 0 Å². The van der Waals surface area contributed by atoms with Crippen molar-refractivity contribution in [1.82, 2.24) is 4.90 Å². The number of hydrogen-bond acceptors (Lipinski definition) is 1. The van der Waals surface area contributed by atoms with Crippen LogP contribution < -0.4 is 0 Å². The van der Waals surface area contributed by atoms with Gasteiger partial charge in [0, 0.05) is 24.0 Å². The number of nitrogens with zero attached hydrogens (tertiary/aromatic N) is 1. The Morgan fingerprint density at radius 1 is 1.20 bits per heavy atom. The first-order chi connectivity index (χ1) is 7.25. The van der Waals surface area contributed by atoms with Gasteiger partial charge in [0.25, 0.3) is 0 Å². The van der Waals surface area contributed by atoms with E-state index in [9.17, 15) is 0 Å². The van der Waals surface area contributed by atoms with Crippen molar-refractivity contribution in [3.63, 3.8) is 0 Å². The molecule has 1 saturated heterocycles. The third-order valence-electron chi connectivity index (χ3n) is 2.73. The SMILES string of the molecule is S=C(Cc1ccc(Br)cc1)N1CCCC1. The molecule has 1 fully saturated rings. The molecular formula is C12H14BrNS. The highest BCUT2D eigenvalue weighted by Gasteiger charge is 2.14. The largest absolute Gasteiger partial charge is 0.366 e. The summed E-state index contributed by atoms with van der Waals surface area (Å²) in [6.45, 7) is 2.30. The maximum absolute atomic E-state index is 5.44. The van der Waals surface area contributed by atoms with Crippen molar-refractivity contribution in [3.8, 4) is 0 Å². The molecule has 2 rings (SSSR count). The minimum absolute atomic E-state index is 0.905. The van der Waals surface area contributed by atoms with E-state index in [1.54, 1.807) is 0 Å². The molecule has 0 saturated carbocycles. The third kappa shape index (κ3) is 3.02. The van der Waals surface area contributed by atoms with Gasteiger partial charge in [-0.1, -0.05) is 40.3 Å². The van der Waals surface area contributed by atoms with Crippen molar-refractivity contribution in [2.45, 2.75) is 19.3 Å². The van der Waals surface area contributed by atoms with E-state index in [1.165, 1.54) is 18.4 Å². The molecule has 3 heteroatoms. The van der Waals surface area contributed by atoms with Gasteiger partial charge in [-0.2, -0.15) is 0 Å². The van der Waals surface area contributed by atoms with Gasteiger partial charge in [0.1, 0.15) is 0 Å². The molecule has 0 aromatic heterocycles. The van der Waals surface area contributed by atoms with Gasteiger partial charge in [-0.15, -0.1) is 0 Å². The molecule has 1 aliphatic rings. The third-order valence-corrected chi connectivity index (χ3v) is 3.66. The molecule has 0 N–H and O–H groups in total. The molecule has 1 aromatic carbocycles. The van der Waals surface area contributed by atoms with E-state index in [2.05, 4.69) is 45.1 Å². The average Bonchev–Trinajstić information content (AvgIpc) is 2.74. The summed E-state index contributed by atoms with van der Waals surface area (Å²) in [4.78, 5) is 3.42. The van der Waals surface area contributed by atoms with Crippen LogP contribution in [0.3, 0.4) is 0 Å². The lowest BCUT2D eigenvalue weighted by atomic mass is 10.1. The molecule has 1 heterocycles. The highest BCUT2D eigenvalue weighted by molar-refractivity contribution is 9.10. The Labute approximate surface area is 105 Å². The summed E-state index contributed by atoms with van der Waals surface area (Å²) in [7, 11) is 0. The Kier molecular flexibility index (Phi) is 3.76. The molecule has 1 nitrogen and oxygen atoms in total. The zero-order valence-electron chi connectivity index (χ0n) is 8.58. The Morgan fingerprint density at radius 3 is 2.40 bits per heavy atom. The minimum atomic E-state index is 0.905. The molecule has 0 amide bonds. The smallest absolute Gasteiger partial charge is 0.0823 e. The average molecular weight is 284 g/mol. The topological polar surface area (TPSA) is 3.24 Å². The lowest BCUT2D eigenvalue weighted by Crippen LogP contribution is -2.27. The summed E-state index contributed by atoms with van der Waals surface area (Å²) in [6, 6.07) is 8.41. The first kappa shape index (κ1) is 11.1. The molecule has 80 valence electrons. The lowest BCUT2D eigenvalue weighted by molar-refractivity contribution is 0.521. The summed E-state index contributed by atoms with van der Waals surface area (Å²) in [5.74, 6) is 0. The van der Waals surface area contributed by atoms with E-state index >= 15 is 0 Å². The van der Waals surface area contributed by atoms with Gasteiger partial charge < -0.3 is 4.90 Å². The van der Waals surface area contributed by atoms with Crippen LogP contribution in [0.5, 0.6) is 0 Å². The maximum Gasteiger partial charge on any atom is 0.0823 e. The first-order valence-electron chi connectivity index (χ1n) is 5.28. The first-order valence-corrected chi connectivity index (χ1v) is 6.48. The van der Waals surface area contributed by atoms with Crippen LogP contribution in [-0.4, -0.2) is 23.0 Å². The fourth-order valence-electron chi connectivity index (χ4n) is 1.86. The Hall–Kier alpha value is -0.410. The summed E-state index contributed by atoms with van der Waals surface area (Å²) in [5.41, 5.74) is 1.30. The standard InChI is InChI=1S/C12H14BrNS/c13-11-5-3-10(4-6-11)9-12(15)14-7-1-2-8-14/h3-6H,1-2,7-9H2. The Balaban J connectivity index is 1.96. The molecule has 0 atom stereocenters. The van der Waals surface area contributed by atoms with Gasteiger partial charge >= 0.3 is 0 Å². The molecule has 0 aliphatic carbocycles. The van der Waals surface area contributed by atoms with E-state index in [0.717, 1.165) is 29.0 Å². The summed E-state index contributed by atoms with van der Waals surface area (Å²) >= 11 is 8.88. The van der Waals surface area contributed by atoms with Gasteiger partial charge in [0.05, 0.1) is 4.99 Å². The predicted molar refractivity (Wildman–Crippen MR) is 71.3 cm³/mol. The summed E-state index contributed by atoms with van der Waals surface area (Å²) < 4.78 is 1.12. The molecular weight excluding hydrogens is 270 g/mol. The Bertz CT molecular complexity index is 341. The quantitative estimate of drug-likeness (QED) is 0.766. The second-order valence-corrected chi connectivity index (χ2v) is 5.28. The second kappa shape index (κ2) is 5.08. The molecule has 0 bridgehead atoms. The second-order valence-electron chi connectivity index (χ2n) is 3.89. The molecule has 15 heavy (non-hydrogen) atoms. The van der Waals surface area contributed by atoms with E-state index in [1.807, 2.05) is 0 Å². The number of likely N-dealkylation sites (tertiary alicyclic amines) is 1. The van der Waals surface area contributed by atoms with Crippen molar-refractivity contribution in [2.24, 2.45) is 0 Å². The number of rotatable bonds is 2.